The number of hydrogen-bond acceptors (Lipinski definition) is 2. The number of ketones is 1. The standard InChI is InChI=1S/C25H27ClO2/c1-25-13-12-21-20-9-7-19(28-15-16-2-5-18(26)6-3-16)14-17(20)4-8-22(21)23(25)10-11-24(25)27/h2-3,5-7,9,14,21-23H,4,8,10-13,15H2,1H3/t21?,22?,23?,25-/m0/s1. The molecule has 0 aliphatic heterocycles. The lowest BCUT2D eigenvalue weighted by Crippen LogP contribution is -2.42. The van der Waals surface area contributed by atoms with Crippen LogP contribution in [-0.2, 0) is 17.8 Å². The Bertz CT molecular complexity index is 903. The summed E-state index contributed by atoms with van der Waals surface area (Å²) >= 11 is 5.95. The Morgan fingerprint density at radius 2 is 1.89 bits per heavy atom. The monoisotopic (exact) mass is 394 g/mol. The van der Waals surface area contributed by atoms with Gasteiger partial charge in [0, 0.05) is 16.9 Å². The van der Waals surface area contributed by atoms with Gasteiger partial charge in [0.15, 0.2) is 0 Å². The fourth-order valence-corrected chi connectivity index (χ4v) is 6.29. The van der Waals surface area contributed by atoms with Gasteiger partial charge in [0.2, 0.25) is 0 Å². The molecule has 3 aliphatic carbocycles. The van der Waals surface area contributed by atoms with Crippen LogP contribution in [0.3, 0.4) is 0 Å². The number of ether oxygens (including phenoxy) is 1. The van der Waals surface area contributed by atoms with Gasteiger partial charge in [-0.15, -0.1) is 0 Å². The Morgan fingerprint density at radius 1 is 1.07 bits per heavy atom. The Labute approximate surface area is 172 Å². The molecule has 3 unspecified atom stereocenters. The zero-order valence-corrected chi connectivity index (χ0v) is 17.2. The number of aryl methyl sites for hydroxylation is 1. The van der Waals surface area contributed by atoms with Gasteiger partial charge in [-0.1, -0.05) is 36.7 Å². The molecule has 2 aromatic carbocycles. The van der Waals surface area contributed by atoms with Gasteiger partial charge in [-0.25, -0.2) is 0 Å². The van der Waals surface area contributed by atoms with Crippen LogP contribution in [-0.4, -0.2) is 5.78 Å². The third kappa shape index (κ3) is 2.97. The van der Waals surface area contributed by atoms with Crippen LogP contribution in [0.15, 0.2) is 42.5 Å². The van der Waals surface area contributed by atoms with Crippen LogP contribution in [0.2, 0.25) is 5.02 Å². The fraction of sp³-hybridized carbons (Fsp3) is 0.480. The SMILES string of the molecule is C[C@]12CCC3c4ccc(OCc5ccc(Cl)cc5)cc4CCC3C1CCC2=O. The smallest absolute Gasteiger partial charge is 0.139 e. The molecule has 146 valence electrons. The van der Waals surface area contributed by atoms with Crippen molar-refractivity contribution in [3.8, 4) is 5.75 Å². The van der Waals surface area contributed by atoms with Crippen molar-refractivity contribution in [2.45, 2.75) is 58.0 Å². The van der Waals surface area contributed by atoms with Gasteiger partial charge in [0.05, 0.1) is 0 Å². The number of rotatable bonds is 3. The summed E-state index contributed by atoms with van der Waals surface area (Å²) in [6.45, 7) is 2.80. The lowest BCUT2D eigenvalue weighted by atomic mass is 9.55. The van der Waals surface area contributed by atoms with Crippen molar-refractivity contribution in [3.05, 3.63) is 64.2 Å². The molecule has 4 atom stereocenters. The number of carbonyl (C=O) groups excluding carboxylic acids is 1. The summed E-state index contributed by atoms with van der Waals surface area (Å²) in [4.78, 5) is 12.5. The Morgan fingerprint density at radius 3 is 2.71 bits per heavy atom. The van der Waals surface area contributed by atoms with E-state index in [4.69, 9.17) is 16.3 Å². The molecule has 0 amide bonds. The Hall–Kier alpha value is -1.80. The van der Waals surface area contributed by atoms with E-state index >= 15 is 0 Å². The van der Waals surface area contributed by atoms with Gasteiger partial charge in [-0.2, -0.15) is 0 Å². The third-order valence-corrected chi connectivity index (χ3v) is 7.98. The molecule has 0 N–H and O–H groups in total. The molecular formula is C25H27ClO2. The normalized spacial score (nSPS) is 31.1. The van der Waals surface area contributed by atoms with Crippen molar-refractivity contribution in [3.63, 3.8) is 0 Å². The van der Waals surface area contributed by atoms with Crippen LogP contribution in [0.5, 0.6) is 5.75 Å². The van der Waals surface area contributed by atoms with E-state index in [9.17, 15) is 4.79 Å². The van der Waals surface area contributed by atoms with Crippen LogP contribution < -0.4 is 4.74 Å². The summed E-state index contributed by atoms with van der Waals surface area (Å²) in [7, 11) is 0. The second-order valence-corrected chi connectivity index (χ2v) is 9.55. The average Bonchev–Trinajstić information content (AvgIpc) is 3.02. The molecule has 0 radical (unpaired) electrons. The van der Waals surface area contributed by atoms with Gasteiger partial charge >= 0.3 is 0 Å². The highest BCUT2D eigenvalue weighted by Gasteiger charge is 2.54. The number of hydrogen-bond donors (Lipinski definition) is 0. The highest BCUT2D eigenvalue weighted by atomic mass is 35.5. The molecule has 0 aromatic heterocycles. The molecular weight excluding hydrogens is 368 g/mol. The van der Waals surface area contributed by atoms with Gasteiger partial charge in [-0.05, 0) is 90.8 Å². The van der Waals surface area contributed by atoms with Gasteiger partial charge in [-0.3, -0.25) is 4.79 Å². The molecule has 0 bridgehead atoms. The molecule has 3 aliphatic rings. The molecule has 0 spiro atoms. The first-order valence-corrected chi connectivity index (χ1v) is 11.0. The first kappa shape index (κ1) is 18.2. The maximum absolute atomic E-state index is 12.5. The van der Waals surface area contributed by atoms with Gasteiger partial charge < -0.3 is 4.74 Å². The van der Waals surface area contributed by atoms with Crippen molar-refractivity contribution in [2.24, 2.45) is 17.3 Å². The maximum atomic E-state index is 12.5. The van der Waals surface area contributed by atoms with E-state index < -0.39 is 0 Å². The van der Waals surface area contributed by atoms with E-state index in [0.717, 1.165) is 48.4 Å². The second-order valence-electron chi connectivity index (χ2n) is 9.11. The number of carbonyl (C=O) groups is 1. The zero-order valence-electron chi connectivity index (χ0n) is 16.4. The highest BCUT2D eigenvalue weighted by molar-refractivity contribution is 6.30. The van der Waals surface area contributed by atoms with Crippen molar-refractivity contribution >= 4 is 17.4 Å². The topological polar surface area (TPSA) is 26.3 Å². The number of benzene rings is 2. The minimum absolute atomic E-state index is 0.0414. The Kier molecular flexibility index (Phi) is 4.50. The maximum Gasteiger partial charge on any atom is 0.139 e. The minimum Gasteiger partial charge on any atom is -0.489 e. The average molecular weight is 395 g/mol. The van der Waals surface area contributed by atoms with Crippen molar-refractivity contribution in [1.29, 1.82) is 0 Å². The summed E-state index contributed by atoms with van der Waals surface area (Å²) in [6, 6.07) is 14.5. The van der Waals surface area contributed by atoms with Crippen LogP contribution in [0, 0.1) is 17.3 Å². The predicted molar refractivity (Wildman–Crippen MR) is 112 cm³/mol. The summed E-state index contributed by atoms with van der Waals surface area (Å²) in [5.41, 5.74) is 4.04. The lowest BCUT2D eigenvalue weighted by molar-refractivity contribution is -0.129. The quantitative estimate of drug-likeness (QED) is 0.606. The lowest BCUT2D eigenvalue weighted by Gasteiger charge is -2.48. The van der Waals surface area contributed by atoms with E-state index in [2.05, 4.69) is 25.1 Å². The van der Waals surface area contributed by atoms with Crippen molar-refractivity contribution in [2.75, 3.05) is 0 Å². The minimum atomic E-state index is -0.0414. The second kappa shape index (κ2) is 6.91. The Balaban J connectivity index is 1.33. The number of halogens is 1. The summed E-state index contributed by atoms with van der Waals surface area (Å²) in [5, 5.41) is 0.750. The first-order chi connectivity index (χ1) is 13.5. The van der Waals surface area contributed by atoms with Crippen molar-refractivity contribution < 1.29 is 9.53 Å². The number of Topliss-reactive ketones (excluding diaryl/α,β-unsaturated/α-hetero) is 1. The number of fused-ring (bicyclic) bond motifs is 5. The van der Waals surface area contributed by atoms with Crippen LogP contribution in [0.1, 0.15) is 61.6 Å². The van der Waals surface area contributed by atoms with E-state index in [-0.39, 0.29) is 5.41 Å². The molecule has 2 aromatic rings. The molecule has 5 rings (SSSR count). The van der Waals surface area contributed by atoms with E-state index in [1.165, 1.54) is 17.5 Å². The van der Waals surface area contributed by atoms with Crippen LogP contribution in [0.4, 0.5) is 0 Å². The molecule has 28 heavy (non-hydrogen) atoms. The van der Waals surface area contributed by atoms with E-state index in [1.807, 2.05) is 24.3 Å². The van der Waals surface area contributed by atoms with Crippen LogP contribution in [0.25, 0.3) is 0 Å². The van der Waals surface area contributed by atoms with Gasteiger partial charge in [0.1, 0.15) is 18.1 Å². The first-order valence-electron chi connectivity index (χ1n) is 10.6. The predicted octanol–water partition coefficient (Wildman–Crippen LogP) is 6.34. The molecule has 3 heteroatoms. The van der Waals surface area contributed by atoms with E-state index in [0.29, 0.717) is 30.1 Å². The third-order valence-electron chi connectivity index (χ3n) is 7.73. The summed E-state index contributed by atoms with van der Waals surface area (Å²) in [6.07, 6.45) is 6.44. The summed E-state index contributed by atoms with van der Waals surface area (Å²) in [5.74, 6) is 3.36. The molecule has 0 saturated heterocycles. The van der Waals surface area contributed by atoms with Gasteiger partial charge in [0.25, 0.3) is 0 Å². The molecule has 0 heterocycles. The molecule has 2 nitrogen and oxygen atoms in total. The molecule has 2 fully saturated rings. The zero-order chi connectivity index (χ0) is 19.3. The van der Waals surface area contributed by atoms with Crippen molar-refractivity contribution in [1.82, 2.24) is 0 Å². The van der Waals surface area contributed by atoms with E-state index in [1.54, 1.807) is 0 Å². The summed E-state index contributed by atoms with van der Waals surface area (Å²) < 4.78 is 6.05. The molecule has 2 saturated carbocycles. The highest BCUT2D eigenvalue weighted by Crippen LogP contribution is 2.59. The fourth-order valence-electron chi connectivity index (χ4n) is 6.17. The van der Waals surface area contributed by atoms with Crippen LogP contribution >= 0.6 is 11.6 Å². The largest absolute Gasteiger partial charge is 0.489 e.